The Morgan fingerprint density at radius 2 is 1.10 bits per heavy atom. The van der Waals surface area contributed by atoms with Crippen molar-refractivity contribution in [2.45, 2.75) is 78.5 Å². The molecule has 448 valence electrons. The van der Waals surface area contributed by atoms with E-state index < -0.39 is 228 Å². The normalized spacial score (nSPS) is 17.0. The molecule has 15 rings (SSSR count). The Bertz CT molecular complexity index is 6490. The fourth-order valence-corrected chi connectivity index (χ4v) is 16.1. The predicted octanol–water partition coefficient (Wildman–Crippen LogP) is 18.5. The van der Waals surface area contributed by atoms with Gasteiger partial charge < -0.3 is 13.9 Å². The number of benzene rings is 11. The molecule has 1 aliphatic rings. The van der Waals surface area contributed by atoms with Crippen LogP contribution in [-0.4, -0.2) is 22.2 Å². The molecule has 0 unspecified atom stereocenters. The van der Waals surface area contributed by atoms with E-state index in [1.54, 1.807) is 63.4 Å². The van der Waals surface area contributed by atoms with Crippen molar-refractivity contribution in [1.29, 1.82) is 0 Å². The monoisotopic (exact) mass is 1400 g/mol. The number of nitrogens with zero attached hydrogens (tertiary/aromatic N) is 4. The molecule has 4 heterocycles. The van der Waals surface area contributed by atoms with E-state index in [0.29, 0.717) is 16.9 Å². The zero-order chi connectivity index (χ0) is 86.5. The van der Waals surface area contributed by atoms with Gasteiger partial charge >= 0.3 is 0 Å². The van der Waals surface area contributed by atoms with E-state index in [4.69, 9.17) is 13.8 Å². The van der Waals surface area contributed by atoms with Gasteiger partial charge in [-0.2, -0.15) is 18.2 Å². The molecule has 0 saturated heterocycles. The summed E-state index contributed by atoms with van der Waals surface area (Å²) in [5.74, 6) is 0.791. The maximum atomic E-state index is 10.3. The number of fused-ring (bicyclic) bond motifs is 10. The quantitative estimate of drug-likeness (QED) is 0.0560. The second kappa shape index (κ2) is 23.4. The van der Waals surface area contributed by atoms with Gasteiger partial charge in [0.1, 0.15) is 13.9 Å². The molecule has 0 radical (unpaired) electrons. The molecule has 0 bridgehead atoms. The maximum absolute atomic E-state index is 10.3. The minimum atomic E-state index is -5.70. The molecule has 0 amide bonds. The predicted molar refractivity (Wildman–Crippen MR) is 375 cm³/mol. The van der Waals surface area contributed by atoms with Crippen LogP contribution in [0.3, 0.4) is 0 Å². The molecule has 91 heavy (non-hydrogen) atoms. The summed E-state index contributed by atoms with van der Waals surface area (Å²) in [5, 5.41) is -0.624. The number of pyridine rings is 1. The minimum Gasteiger partial charge on any atom is -0.510 e. The Balaban J connectivity index is 0.0000118. The third-order valence-electron chi connectivity index (χ3n) is 16.7. The van der Waals surface area contributed by atoms with Crippen molar-refractivity contribution < 1.29 is 70.1 Å². The SMILES string of the molecule is [2H]c1c([2H])c([2H])c([Si](CCc2cc3c4c(c2)n(-c2[c-]c(Oc5[c-]c6c(cc5)c5ccccc5n6-c5cc(C(C)(C)C)ccn5)ccc2)[c-][n+]4-c2c(-c4c(C([2H])([2H])[2H])cccc4C([2H])([2H])[2H])cc(C(C)(C)C)cc2-c2c([2H])c([2H])c([2H])c([2H])c2-c2c([2H])c([2H])c([2H])c([2H])c2-3)(c2c([2H])c([2H])c([2H])c([2H])c2[2H])c2c([2H])c([2H])c([2H])c([2H])c2[2H])c([2H])c1[2H].[Pt]. The van der Waals surface area contributed by atoms with Gasteiger partial charge in [-0.25, -0.2) is 4.98 Å². The van der Waals surface area contributed by atoms with Gasteiger partial charge in [-0.05, 0) is 155 Å². The fraction of sp³-hybridized carbons (Fsp3) is 0.143. The fourth-order valence-electron chi connectivity index (χ4n) is 12.3. The molecule has 5 nitrogen and oxygen atoms in total. The van der Waals surface area contributed by atoms with Gasteiger partial charge in [0.05, 0.1) is 48.2 Å². The van der Waals surface area contributed by atoms with Gasteiger partial charge in [0.15, 0.2) is 0 Å². The van der Waals surface area contributed by atoms with Gasteiger partial charge in [-0.15, -0.1) is 29.7 Å². The average Bonchev–Trinajstić information content (AvgIpc) is 1.23. The molecule has 0 fully saturated rings. The zero-order valence-corrected chi connectivity index (χ0v) is 53.2. The third kappa shape index (κ3) is 10.4. The number of aromatic nitrogens is 4. The van der Waals surface area contributed by atoms with Crippen LogP contribution in [0, 0.1) is 32.2 Å². The largest absolute Gasteiger partial charge is 0.510 e. The number of hydrogen-bond donors (Lipinski definition) is 0. The van der Waals surface area contributed by atoms with Crippen molar-refractivity contribution in [3.05, 3.63) is 301 Å². The molecule has 11 aromatic carbocycles. The summed E-state index contributed by atoms with van der Waals surface area (Å²) < 4.78 is 287. The van der Waals surface area contributed by atoms with Gasteiger partial charge in [0, 0.05) is 52.5 Å². The molecule has 14 aromatic rings. The number of aryl methyl sites for hydroxylation is 3. The Morgan fingerprint density at radius 1 is 0.527 bits per heavy atom. The standard InChI is InChI=1S/C84H70N4OSi.Pt/c1-56-26-24-27-57(2)80(56)75-51-60(84(6,7)8)50-74-70-39-21-19-37-68(70)67-36-18-20-38-69(67)73-48-58(45-47-90(64-30-12-9-13-31-64,65-32-14-10-15-33-65)66-34-16-11-17-35-66)49-78-82(73)87(81(74)75)55-86(78)61-28-25-29-62(53-61)89-63-42-43-72-71-40-22-23-41-76(71)88(77(72)54-63)79-52-59(44-46-85-79)83(3,4)5;/h9-44,46,48-52H,45,47H2,1-8H3;/q-2;/i1D3,2D3,9D,10D,11D,12D,13D,14D,15D,16D,17D,18D,19D,20D,21D,30D,31D,32D,33D,34D,35D,36D,37D,38D,39D;. The van der Waals surface area contributed by atoms with Crippen LogP contribution >= 0.6 is 0 Å². The molecule has 0 spiro atoms. The Morgan fingerprint density at radius 3 is 1.73 bits per heavy atom. The van der Waals surface area contributed by atoms with Crippen LogP contribution in [0.15, 0.2) is 254 Å². The molecule has 0 N–H and O–H groups in total. The summed E-state index contributed by atoms with van der Waals surface area (Å²) in [7, 11) is -5.70. The van der Waals surface area contributed by atoms with Crippen LogP contribution < -0.4 is 24.9 Å². The van der Waals surface area contributed by atoms with Crippen molar-refractivity contribution in [3.8, 4) is 73.2 Å². The van der Waals surface area contributed by atoms with Crippen LogP contribution in [0.4, 0.5) is 0 Å². The van der Waals surface area contributed by atoms with E-state index in [1.807, 2.05) is 47.0 Å². The second-order valence-electron chi connectivity index (χ2n) is 24.2. The van der Waals surface area contributed by atoms with Gasteiger partial charge in [-0.3, -0.25) is 4.57 Å². The Kier molecular flexibility index (Phi) is 8.92. The van der Waals surface area contributed by atoms with E-state index in [1.165, 1.54) is 39.5 Å². The van der Waals surface area contributed by atoms with Crippen molar-refractivity contribution >= 4 is 56.5 Å². The molecule has 0 saturated carbocycles. The molecular formula is C84H70N4OPtSi-2. The number of rotatable bonds is 11. The van der Waals surface area contributed by atoms with Crippen LogP contribution in [0.25, 0.3) is 94.5 Å². The van der Waals surface area contributed by atoms with Crippen molar-refractivity contribution in [2.75, 3.05) is 0 Å². The summed E-state index contributed by atoms with van der Waals surface area (Å²) in [4.78, 5) is 4.84. The van der Waals surface area contributed by atoms with E-state index >= 15 is 0 Å². The summed E-state index contributed by atoms with van der Waals surface area (Å²) >= 11 is 0. The first kappa shape index (κ1) is 34.7. The van der Waals surface area contributed by atoms with E-state index in [9.17, 15) is 35.6 Å². The first-order chi connectivity index (χ1) is 55.7. The van der Waals surface area contributed by atoms with Crippen LogP contribution in [0.2, 0.25) is 6.04 Å². The molecule has 3 aromatic heterocycles. The third-order valence-corrected chi connectivity index (χ3v) is 21.0. The number of hydrogen-bond acceptors (Lipinski definition) is 2. The van der Waals surface area contributed by atoms with Gasteiger partial charge in [0.25, 0.3) is 6.33 Å². The summed E-state index contributed by atoms with van der Waals surface area (Å²) in [5.41, 5.74) is -2.91. The molecule has 1 aliphatic heterocycles. The minimum absolute atomic E-state index is 0. The first-order valence-electron chi connectivity index (χ1n) is 43.6. The Hall–Kier alpha value is -9.45. The van der Waals surface area contributed by atoms with Crippen molar-refractivity contribution in [1.82, 2.24) is 14.1 Å². The van der Waals surface area contributed by atoms with Gasteiger partial charge in [-0.1, -0.05) is 246 Å². The smallest absolute Gasteiger partial charge is 0.268 e. The topological polar surface area (TPSA) is 35.9 Å². The maximum Gasteiger partial charge on any atom is 0.268 e. The first-order valence-corrected chi connectivity index (χ1v) is 31.3. The number of para-hydroxylation sites is 1. The molecular weight excluding hydrogens is 1300 g/mol. The second-order valence-corrected chi connectivity index (χ2v) is 28.0. The number of ether oxygens (including phenoxy) is 1. The molecule has 0 aliphatic carbocycles. The van der Waals surface area contributed by atoms with Gasteiger partial charge in [0.2, 0.25) is 0 Å². The van der Waals surface area contributed by atoms with E-state index in [0.717, 1.165) is 21.9 Å². The van der Waals surface area contributed by atoms with Crippen molar-refractivity contribution in [3.63, 3.8) is 0 Å². The van der Waals surface area contributed by atoms with E-state index in [-0.39, 0.29) is 88.2 Å². The summed E-state index contributed by atoms with van der Waals surface area (Å²) in [6.07, 6.45) is 4.53. The Labute approximate surface area is 591 Å². The molecule has 0 atom stereocenters. The summed E-state index contributed by atoms with van der Waals surface area (Å²) in [6, 6.07) is 13.9. The van der Waals surface area contributed by atoms with Crippen LogP contribution in [0.5, 0.6) is 11.5 Å². The van der Waals surface area contributed by atoms with Crippen molar-refractivity contribution in [2.24, 2.45) is 0 Å². The van der Waals surface area contributed by atoms with E-state index in [2.05, 4.69) is 39.2 Å². The van der Waals surface area contributed by atoms with Crippen LogP contribution in [-0.2, 0) is 38.3 Å². The average molecular weight is 1400 g/mol. The zero-order valence-electron chi connectivity index (χ0n) is 78.9. The van der Waals surface area contributed by atoms with Crippen LogP contribution in [0.1, 0.15) is 109 Å². The summed E-state index contributed by atoms with van der Waals surface area (Å²) in [6.45, 7) is 5.39. The molecule has 7 heteroatoms. The number of imidazole rings is 1.